The van der Waals surface area contributed by atoms with Gasteiger partial charge in [-0.25, -0.2) is 4.39 Å². The number of amides is 1. The molecule has 0 bridgehead atoms. The summed E-state index contributed by atoms with van der Waals surface area (Å²) in [6.45, 7) is -0.132. The lowest BCUT2D eigenvalue weighted by atomic mass is 10.2. The highest BCUT2D eigenvalue weighted by Crippen LogP contribution is 2.26. The number of carbonyl (C=O) groups is 1. The summed E-state index contributed by atoms with van der Waals surface area (Å²) in [6.07, 6.45) is 0. The van der Waals surface area contributed by atoms with Crippen LogP contribution in [0.1, 0.15) is 16.2 Å². The van der Waals surface area contributed by atoms with Gasteiger partial charge in [0.2, 0.25) is 5.89 Å². The average Bonchev–Trinajstić information content (AvgIpc) is 3.24. The maximum absolute atomic E-state index is 14.4. The Kier molecular flexibility index (Phi) is 6.60. The second-order valence-electron chi connectivity index (χ2n) is 6.52. The van der Waals surface area contributed by atoms with Crippen LogP contribution in [0.4, 0.5) is 10.1 Å². The molecule has 4 aromatic rings. The molecule has 1 heterocycles. The number of nitrogens with one attached hydrogen (secondary N) is 1. The number of hydrogen-bond donors (Lipinski definition) is 1. The van der Waals surface area contributed by atoms with Crippen LogP contribution in [-0.2, 0) is 6.61 Å². The van der Waals surface area contributed by atoms with E-state index < -0.39 is 11.7 Å². The quantitative estimate of drug-likeness (QED) is 0.325. The highest BCUT2D eigenvalue weighted by Gasteiger charge is 2.13. The molecule has 0 spiro atoms. The summed E-state index contributed by atoms with van der Waals surface area (Å²) in [7, 11) is 0. The Morgan fingerprint density at radius 2 is 1.75 bits per heavy atom. The molecule has 1 amide bonds. The zero-order chi connectivity index (χ0) is 22.7. The smallest absolute Gasteiger partial charge is 0.255 e. The van der Waals surface area contributed by atoms with Crippen molar-refractivity contribution in [2.24, 2.45) is 0 Å². The fourth-order valence-corrected chi connectivity index (χ4v) is 3.12. The van der Waals surface area contributed by atoms with Gasteiger partial charge in [0.1, 0.15) is 0 Å². The number of halogens is 4. The van der Waals surface area contributed by atoms with Crippen molar-refractivity contribution in [1.29, 1.82) is 0 Å². The van der Waals surface area contributed by atoms with E-state index in [-0.39, 0.29) is 34.5 Å². The van der Waals surface area contributed by atoms with E-state index in [4.69, 9.17) is 44.0 Å². The molecule has 6 nitrogen and oxygen atoms in total. The first-order valence-electron chi connectivity index (χ1n) is 9.16. The Morgan fingerprint density at radius 3 is 2.47 bits per heavy atom. The molecule has 0 aliphatic carbocycles. The molecule has 0 aliphatic rings. The lowest BCUT2D eigenvalue weighted by Crippen LogP contribution is -2.12. The minimum Gasteiger partial charge on any atom is -0.481 e. The fraction of sp³-hybridized carbons (Fsp3) is 0.0455. The highest BCUT2D eigenvalue weighted by atomic mass is 35.5. The Hall–Kier alpha value is -3.13. The molecule has 0 fully saturated rings. The second-order valence-corrected chi connectivity index (χ2v) is 7.78. The van der Waals surface area contributed by atoms with Gasteiger partial charge in [0.05, 0.1) is 10.0 Å². The monoisotopic (exact) mass is 491 g/mol. The van der Waals surface area contributed by atoms with Crippen LogP contribution in [-0.4, -0.2) is 16.1 Å². The minimum atomic E-state index is -0.672. The van der Waals surface area contributed by atoms with Crippen molar-refractivity contribution in [3.05, 3.63) is 93.0 Å². The second kappa shape index (κ2) is 9.56. The standard InChI is InChI=1S/C22H13Cl3FN3O3/c23-14-4-1-12(2-5-14)22-29-28-20(32-22)11-31-19-8-6-15(10-18(19)26)27-21(30)13-3-7-16(24)17(25)9-13/h1-10H,11H2,(H,27,30). The first kappa shape index (κ1) is 22.1. The van der Waals surface area contributed by atoms with Gasteiger partial charge < -0.3 is 14.5 Å². The van der Waals surface area contributed by atoms with Crippen LogP contribution in [0, 0.1) is 5.82 Å². The summed E-state index contributed by atoms with van der Waals surface area (Å²) in [5, 5.41) is 11.6. The van der Waals surface area contributed by atoms with E-state index in [0.717, 1.165) is 6.07 Å². The van der Waals surface area contributed by atoms with Crippen molar-refractivity contribution in [2.45, 2.75) is 6.61 Å². The lowest BCUT2D eigenvalue weighted by molar-refractivity contribution is 0.102. The molecular formula is C22H13Cl3FN3O3. The van der Waals surface area contributed by atoms with E-state index >= 15 is 0 Å². The van der Waals surface area contributed by atoms with Crippen LogP contribution in [0.25, 0.3) is 11.5 Å². The highest BCUT2D eigenvalue weighted by molar-refractivity contribution is 6.42. The van der Waals surface area contributed by atoms with Crippen LogP contribution in [0.15, 0.2) is 65.1 Å². The summed E-state index contributed by atoms with van der Waals surface area (Å²) in [5.41, 5.74) is 1.23. The van der Waals surface area contributed by atoms with Gasteiger partial charge in [-0.3, -0.25) is 4.79 Å². The number of hydrogen-bond acceptors (Lipinski definition) is 5. The maximum Gasteiger partial charge on any atom is 0.255 e. The summed E-state index contributed by atoms with van der Waals surface area (Å²) in [6, 6.07) is 15.4. The van der Waals surface area contributed by atoms with Gasteiger partial charge in [-0.2, -0.15) is 0 Å². The fourth-order valence-electron chi connectivity index (χ4n) is 2.70. The Balaban J connectivity index is 1.39. The van der Waals surface area contributed by atoms with Crippen molar-refractivity contribution >= 4 is 46.4 Å². The largest absolute Gasteiger partial charge is 0.481 e. The molecular weight excluding hydrogens is 480 g/mol. The van der Waals surface area contributed by atoms with E-state index in [2.05, 4.69) is 15.5 Å². The molecule has 0 radical (unpaired) electrons. The molecule has 3 aromatic carbocycles. The summed E-state index contributed by atoms with van der Waals surface area (Å²) in [4.78, 5) is 12.3. The summed E-state index contributed by atoms with van der Waals surface area (Å²) < 4.78 is 25.4. The number of anilines is 1. The molecule has 1 N–H and O–H groups in total. The number of carbonyl (C=O) groups excluding carboxylic acids is 1. The van der Waals surface area contributed by atoms with E-state index in [1.54, 1.807) is 24.3 Å². The number of ether oxygens (including phenoxy) is 1. The first-order chi connectivity index (χ1) is 15.4. The van der Waals surface area contributed by atoms with Gasteiger partial charge in [-0.05, 0) is 54.6 Å². The zero-order valence-electron chi connectivity index (χ0n) is 16.1. The Labute approximate surface area is 196 Å². The van der Waals surface area contributed by atoms with Gasteiger partial charge in [-0.1, -0.05) is 34.8 Å². The van der Waals surface area contributed by atoms with Gasteiger partial charge in [0.25, 0.3) is 11.8 Å². The third-order valence-corrected chi connectivity index (χ3v) is 5.27. The van der Waals surface area contributed by atoms with Gasteiger partial charge in [-0.15, -0.1) is 10.2 Å². The lowest BCUT2D eigenvalue weighted by Gasteiger charge is -2.09. The Bertz CT molecular complexity index is 1280. The van der Waals surface area contributed by atoms with E-state index in [9.17, 15) is 9.18 Å². The third kappa shape index (κ3) is 5.19. The predicted molar refractivity (Wildman–Crippen MR) is 120 cm³/mol. The van der Waals surface area contributed by atoms with Crippen LogP contribution in [0.5, 0.6) is 5.75 Å². The maximum atomic E-state index is 14.4. The molecule has 0 aliphatic heterocycles. The molecule has 4 rings (SSSR count). The van der Waals surface area contributed by atoms with Crippen LogP contribution < -0.4 is 10.1 Å². The predicted octanol–water partition coefficient (Wildman–Crippen LogP) is 6.67. The number of benzene rings is 3. The van der Waals surface area contributed by atoms with Crippen molar-refractivity contribution in [3.8, 4) is 17.2 Å². The SMILES string of the molecule is O=C(Nc1ccc(OCc2nnc(-c3ccc(Cl)cc3)o2)c(F)c1)c1ccc(Cl)c(Cl)c1. The van der Waals surface area contributed by atoms with Crippen LogP contribution >= 0.6 is 34.8 Å². The van der Waals surface area contributed by atoms with E-state index in [0.29, 0.717) is 21.5 Å². The average molecular weight is 493 g/mol. The van der Waals surface area contributed by atoms with Crippen LogP contribution in [0.2, 0.25) is 15.1 Å². The molecule has 32 heavy (non-hydrogen) atoms. The molecule has 0 saturated carbocycles. The number of aromatic nitrogens is 2. The van der Waals surface area contributed by atoms with Gasteiger partial charge in [0, 0.05) is 27.9 Å². The molecule has 0 unspecified atom stereocenters. The van der Waals surface area contributed by atoms with Crippen molar-refractivity contribution in [1.82, 2.24) is 10.2 Å². The molecule has 0 saturated heterocycles. The number of nitrogens with zero attached hydrogens (tertiary/aromatic N) is 2. The summed E-state index contributed by atoms with van der Waals surface area (Å²) >= 11 is 17.6. The minimum absolute atomic E-state index is 0.0382. The molecule has 0 atom stereocenters. The van der Waals surface area contributed by atoms with Crippen molar-refractivity contribution in [2.75, 3.05) is 5.32 Å². The molecule has 10 heteroatoms. The summed E-state index contributed by atoms with van der Waals surface area (Å²) in [5.74, 6) is -0.706. The molecule has 162 valence electrons. The Morgan fingerprint density at radius 1 is 0.969 bits per heavy atom. The van der Waals surface area contributed by atoms with Crippen LogP contribution in [0.3, 0.4) is 0 Å². The van der Waals surface area contributed by atoms with Crippen molar-refractivity contribution < 1.29 is 18.3 Å². The third-order valence-electron chi connectivity index (χ3n) is 4.28. The van der Waals surface area contributed by atoms with E-state index in [1.165, 1.54) is 30.3 Å². The normalized spacial score (nSPS) is 10.8. The van der Waals surface area contributed by atoms with E-state index in [1.807, 2.05) is 0 Å². The zero-order valence-corrected chi connectivity index (χ0v) is 18.4. The van der Waals surface area contributed by atoms with Gasteiger partial charge in [0.15, 0.2) is 18.2 Å². The van der Waals surface area contributed by atoms with Crippen molar-refractivity contribution in [3.63, 3.8) is 0 Å². The first-order valence-corrected chi connectivity index (χ1v) is 10.3. The van der Waals surface area contributed by atoms with Gasteiger partial charge >= 0.3 is 0 Å². The molecule has 1 aromatic heterocycles. The topological polar surface area (TPSA) is 77.2 Å². The number of rotatable bonds is 6.